The van der Waals surface area contributed by atoms with Crippen LogP contribution in [-0.4, -0.2) is 43.3 Å². The number of phenols is 2. The molecule has 0 atom stereocenters. The summed E-state index contributed by atoms with van der Waals surface area (Å²) in [6.07, 6.45) is -2.43. The number of halogens is 3. The summed E-state index contributed by atoms with van der Waals surface area (Å²) < 4.78 is 41.0. The fourth-order valence-electron chi connectivity index (χ4n) is 3.10. The third-order valence-electron chi connectivity index (χ3n) is 4.26. The van der Waals surface area contributed by atoms with E-state index in [4.69, 9.17) is 0 Å². The standard InChI is InChI=1S/C18H10F3N3O5/c19-18(20,21)29-9-3-1-2-8(6-9)7-24-16(27)10-11(17(24)28)15(26)13-12(14(10)25)22-4-5-23-13/h1-6,25-26H,7H2. The summed E-state index contributed by atoms with van der Waals surface area (Å²) in [5.41, 5.74) is -1.04. The van der Waals surface area contributed by atoms with Crippen LogP contribution in [0.25, 0.3) is 11.0 Å². The van der Waals surface area contributed by atoms with Gasteiger partial charge in [-0.05, 0) is 17.7 Å². The molecular formula is C18H10F3N3O5. The van der Waals surface area contributed by atoms with Crippen molar-refractivity contribution in [1.82, 2.24) is 14.9 Å². The van der Waals surface area contributed by atoms with Gasteiger partial charge in [0.2, 0.25) is 0 Å². The number of aromatic hydroxyl groups is 2. The van der Waals surface area contributed by atoms with Gasteiger partial charge in [-0.15, -0.1) is 13.2 Å². The van der Waals surface area contributed by atoms with Gasteiger partial charge in [-0.25, -0.2) is 9.97 Å². The Balaban J connectivity index is 1.73. The van der Waals surface area contributed by atoms with Gasteiger partial charge in [-0.2, -0.15) is 0 Å². The van der Waals surface area contributed by atoms with Crippen molar-refractivity contribution in [3.63, 3.8) is 0 Å². The molecule has 4 rings (SSSR count). The van der Waals surface area contributed by atoms with Gasteiger partial charge in [0.15, 0.2) is 11.5 Å². The predicted octanol–water partition coefficient (Wildman–Crippen LogP) is 2.74. The second-order valence-electron chi connectivity index (χ2n) is 6.09. The number of alkyl halides is 3. The Morgan fingerprint density at radius 3 is 2.03 bits per heavy atom. The van der Waals surface area contributed by atoms with Crippen LogP contribution in [0, 0.1) is 0 Å². The molecule has 0 saturated heterocycles. The van der Waals surface area contributed by atoms with Crippen molar-refractivity contribution < 1.29 is 37.7 Å². The highest BCUT2D eigenvalue weighted by molar-refractivity contribution is 6.26. The average Bonchev–Trinajstić information content (AvgIpc) is 2.90. The van der Waals surface area contributed by atoms with Crippen molar-refractivity contribution in [2.75, 3.05) is 0 Å². The monoisotopic (exact) mass is 405 g/mol. The van der Waals surface area contributed by atoms with E-state index in [1.807, 2.05) is 0 Å². The highest BCUT2D eigenvalue weighted by atomic mass is 19.4. The van der Waals surface area contributed by atoms with Crippen LogP contribution in [0.3, 0.4) is 0 Å². The number of aromatic nitrogens is 2. The number of carbonyl (C=O) groups is 2. The van der Waals surface area contributed by atoms with E-state index in [1.165, 1.54) is 24.5 Å². The lowest BCUT2D eigenvalue weighted by molar-refractivity contribution is -0.274. The fraction of sp³-hybridized carbons (Fsp3) is 0.111. The van der Waals surface area contributed by atoms with Crippen LogP contribution in [0.2, 0.25) is 0 Å². The number of ether oxygens (including phenoxy) is 1. The van der Waals surface area contributed by atoms with E-state index >= 15 is 0 Å². The van der Waals surface area contributed by atoms with E-state index in [0.717, 1.165) is 12.1 Å². The molecule has 0 fully saturated rings. The maximum Gasteiger partial charge on any atom is 0.573 e. The molecule has 1 aliphatic rings. The molecule has 1 aliphatic heterocycles. The molecule has 0 saturated carbocycles. The number of phenolic OH excluding ortho intramolecular Hbond substituents is 2. The molecule has 1 aromatic heterocycles. The normalized spacial score (nSPS) is 13.8. The number of carbonyl (C=O) groups excluding carboxylic acids is 2. The van der Waals surface area contributed by atoms with Gasteiger partial charge in [0.25, 0.3) is 11.8 Å². The molecule has 0 aliphatic carbocycles. The zero-order valence-corrected chi connectivity index (χ0v) is 14.3. The lowest BCUT2D eigenvalue weighted by atomic mass is 10.1. The Morgan fingerprint density at radius 1 is 0.966 bits per heavy atom. The van der Waals surface area contributed by atoms with Gasteiger partial charge in [0.05, 0.1) is 6.54 Å². The fourth-order valence-corrected chi connectivity index (χ4v) is 3.10. The molecule has 11 heteroatoms. The highest BCUT2D eigenvalue weighted by Gasteiger charge is 2.42. The minimum absolute atomic E-state index is 0.160. The smallest absolute Gasteiger partial charge is 0.505 e. The third kappa shape index (κ3) is 3.06. The second kappa shape index (κ2) is 6.33. The van der Waals surface area contributed by atoms with Crippen molar-refractivity contribution in [1.29, 1.82) is 0 Å². The summed E-state index contributed by atoms with van der Waals surface area (Å²) in [4.78, 5) is 33.8. The van der Waals surface area contributed by atoms with Crippen LogP contribution < -0.4 is 4.74 Å². The van der Waals surface area contributed by atoms with E-state index in [-0.39, 0.29) is 16.6 Å². The number of benzene rings is 2. The summed E-state index contributed by atoms with van der Waals surface area (Å²) >= 11 is 0. The minimum atomic E-state index is -4.90. The van der Waals surface area contributed by atoms with Gasteiger partial charge in [0, 0.05) is 12.4 Å². The summed E-state index contributed by atoms with van der Waals surface area (Å²) in [5.74, 6) is -3.59. The van der Waals surface area contributed by atoms with Crippen molar-refractivity contribution in [3.8, 4) is 17.2 Å². The largest absolute Gasteiger partial charge is 0.573 e. The first-order valence-electron chi connectivity index (χ1n) is 8.07. The first-order valence-corrected chi connectivity index (χ1v) is 8.07. The minimum Gasteiger partial charge on any atom is -0.505 e. The number of fused-ring (bicyclic) bond motifs is 2. The van der Waals surface area contributed by atoms with E-state index in [0.29, 0.717) is 4.90 Å². The molecular weight excluding hydrogens is 395 g/mol. The molecule has 29 heavy (non-hydrogen) atoms. The summed E-state index contributed by atoms with van der Waals surface area (Å²) in [5, 5.41) is 20.8. The molecule has 8 nitrogen and oxygen atoms in total. The zero-order chi connectivity index (χ0) is 20.9. The van der Waals surface area contributed by atoms with Crippen molar-refractivity contribution in [2.24, 2.45) is 0 Å². The van der Waals surface area contributed by atoms with Gasteiger partial charge in [-0.3, -0.25) is 14.5 Å². The van der Waals surface area contributed by atoms with Crippen LogP contribution in [-0.2, 0) is 6.54 Å². The number of amides is 2. The summed E-state index contributed by atoms with van der Waals surface area (Å²) in [6, 6.07) is 4.76. The number of imide groups is 1. The Labute approximate surface area is 159 Å². The zero-order valence-electron chi connectivity index (χ0n) is 14.3. The van der Waals surface area contributed by atoms with Crippen LogP contribution in [0.5, 0.6) is 17.2 Å². The first kappa shape index (κ1) is 18.5. The predicted molar refractivity (Wildman–Crippen MR) is 90.2 cm³/mol. The topological polar surface area (TPSA) is 113 Å². The quantitative estimate of drug-likeness (QED) is 0.509. The van der Waals surface area contributed by atoms with Crippen molar-refractivity contribution in [3.05, 3.63) is 53.3 Å². The van der Waals surface area contributed by atoms with E-state index in [1.54, 1.807) is 0 Å². The molecule has 2 aromatic carbocycles. The van der Waals surface area contributed by atoms with Gasteiger partial charge >= 0.3 is 6.36 Å². The van der Waals surface area contributed by atoms with E-state index < -0.39 is 53.1 Å². The molecule has 0 bridgehead atoms. The van der Waals surface area contributed by atoms with Gasteiger partial charge in [-0.1, -0.05) is 12.1 Å². The van der Waals surface area contributed by atoms with Crippen molar-refractivity contribution in [2.45, 2.75) is 12.9 Å². The number of nitrogens with zero attached hydrogens (tertiary/aromatic N) is 3. The van der Waals surface area contributed by atoms with E-state index in [2.05, 4.69) is 14.7 Å². The average molecular weight is 405 g/mol. The SMILES string of the molecule is O=C1c2c(c(O)c3nccnc3c2O)C(=O)N1Cc1cccc(OC(F)(F)F)c1. The molecule has 3 aromatic rings. The van der Waals surface area contributed by atoms with Gasteiger partial charge in [0.1, 0.15) is 27.9 Å². The molecule has 0 radical (unpaired) electrons. The third-order valence-corrected chi connectivity index (χ3v) is 4.26. The van der Waals surface area contributed by atoms with Crippen LogP contribution in [0.4, 0.5) is 13.2 Å². The molecule has 0 spiro atoms. The lowest BCUT2D eigenvalue weighted by Crippen LogP contribution is -2.29. The number of rotatable bonds is 3. The Bertz CT molecular complexity index is 1120. The maximum atomic E-state index is 12.7. The summed E-state index contributed by atoms with van der Waals surface area (Å²) in [7, 11) is 0. The second-order valence-corrected chi connectivity index (χ2v) is 6.09. The first-order chi connectivity index (χ1) is 13.7. The number of hydrogen-bond donors (Lipinski definition) is 2. The molecule has 0 unspecified atom stereocenters. The summed E-state index contributed by atoms with van der Waals surface area (Å²) in [6.45, 7) is -0.405. The maximum absolute atomic E-state index is 12.7. The lowest BCUT2D eigenvalue weighted by Gasteiger charge is -2.15. The molecule has 2 amide bonds. The van der Waals surface area contributed by atoms with Crippen LogP contribution >= 0.6 is 0 Å². The van der Waals surface area contributed by atoms with Crippen LogP contribution in [0.1, 0.15) is 26.3 Å². The Hall–Kier alpha value is -3.89. The molecule has 148 valence electrons. The number of hydrogen-bond acceptors (Lipinski definition) is 7. The molecule has 2 heterocycles. The van der Waals surface area contributed by atoms with Gasteiger partial charge < -0.3 is 14.9 Å². The highest BCUT2D eigenvalue weighted by Crippen LogP contribution is 2.42. The Morgan fingerprint density at radius 2 is 1.52 bits per heavy atom. The van der Waals surface area contributed by atoms with E-state index in [9.17, 15) is 33.0 Å². The van der Waals surface area contributed by atoms with Crippen molar-refractivity contribution >= 4 is 22.8 Å². The Kier molecular flexibility index (Phi) is 4.03. The molecule has 2 N–H and O–H groups in total. The van der Waals surface area contributed by atoms with Crippen LogP contribution in [0.15, 0.2) is 36.7 Å².